The molecule has 0 saturated carbocycles. The van der Waals surface area contributed by atoms with E-state index < -0.39 is 11.7 Å². The van der Waals surface area contributed by atoms with Gasteiger partial charge in [0.2, 0.25) is 0 Å². The quantitative estimate of drug-likeness (QED) is 0.155. The molecule has 31 heavy (non-hydrogen) atoms. The van der Waals surface area contributed by atoms with Crippen LogP contribution in [0.3, 0.4) is 0 Å². The monoisotopic (exact) mass is 548 g/mol. The molecular formula is C21H37IN6O3. The lowest BCUT2D eigenvalue weighted by Crippen LogP contribution is -2.50. The van der Waals surface area contributed by atoms with Gasteiger partial charge in [-0.1, -0.05) is 19.8 Å². The number of amides is 2. The van der Waals surface area contributed by atoms with Gasteiger partial charge >= 0.3 is 6.09 Å². The third-order valence-electron chi connectivity index (χ3n) is 3.99. The number of pyridine rings is 1. The second-order valence-corrected chi connectivity index (χ2v) is 7.86. The van der Waals surface area contributed by atoms with Gasteiger partial charge in [-0.3, -0.25) is 14.8 Å². The molecule has 0 fully saturated rings. The first-order valence-electron chi connectivity index (χ1n) is 10.4. The number of hydrogen-bond donors (Lipinski definition) is 4. The van der Waals surface area contributed by atoms with E-state index in [0.29, 0.717) is 31.2 Å². The van der Waals surface area contributed by atoms with E-state index in [0.717, 1.165) is 19.3 Å². The number of hydrogen-bond acceptors (Lipinski definition) is 5. The summed E-state index contributed by atoms with van der Waals surface area (Å²) >= 11 is 0. The molecule has 1 unspecified atom stereocenters. The van der Waals surface area contributed by atoms with Crippen molar-refractivity contribution in [3.05, 3.63) is 30.1 Å². The topological polar surface area (TPSA) is 117 Å². The minimum Gasteiger partial charge on any atom is -0.444 e. The maximum atomic E-state index is 12.0. The summed E-state index contributed by atoms with van der Waals surface area (Å²) in [5.41, 5.74) is -0.0123. The smallest absolute Gasteiger partial charge is 0.407 e. The highest BCUT2D eigenvalue weighted by Gasteiger charge is 2.18. The van der Waals surface area contributed by atoms with Crippen LogP contribution in [0, 0.1) is 0 Å². The van der Waals surface area contributed by atoms with Gasteiger partial charge in [-0.25, -0.2) is 4.79 Å². The number of carbonyl (C=O) groups is 2. The molecule has 4 N–H and O–H groups in total. The zero-order chi connectivity index (χ0) is 22.4. The van der Waals surface area contributed by atoms with Gasteiger partial charge in [0.25, 0.3) is 5.91 Å². The average Bonchev–Trinajstić information content (AvgIpc) is 2.71. The van der Waals surface area contributed by atoms with Crippen molar-refractivity contribution in [1.29, 1.82) is 0 Å². The number of aromatic nitrogens is 1. The van der Waals surface area contributed by atoms with Crippen LogP contribution in [0.5, 0.6) is 0 Å². The third-order valence-corrected chi connectivity index (χ3v) is 3.99. The Morgan fingerprint density at radius 2 is 1.90 bits per heavy atom. The molecule has 0 spiro atoms. The predicted octanol–water partition coefficient (Wildman–Crippen LogP) is 2.68. The number of nitrogens with zero attached hydrogens (tertiary/aromatic N) is 2. The Morgan fingerprint density at radius 3 is 2.48 bits per heavy atom. The van der Waals surface area contributed by atoms with E-state index in [-0.39, 0.29) is 35.9 Å². The molecule has 0 aliphatic rings. The molecule has 0 radical (unpaired) electrons. The standard InChI is InChI=1S/C21H36N6O3.HI/c1-6-7-10-17(15-26-20(29)30-21(2,3)4)27-19(22-5)25-13-12-24-18(28)16-9-8-11-23-14-16;/h8-9,11,14,17H,6-7,10,12-13,15H2,1-5H3,(H,24,28)(H,26,29)(H2,22,25,27);1H. The van der Waals surface area contributed by atoms with Crippen LogP contribution in [0.4, 0.5) is 4.79 Å². The van der Waals surface area contributed by atoms with Gasteiger partial charge in [0.15, 0.2) is 5.96 Å². The molecular weight excluding hydrogens is 511 g/mol. The van der Waals surface area contributed by atoms with E-state index in [1.54, 1.807) is 25.4 Å². The van der Waals surface area contributed by atoms with Crippen molar-refractivity contribution in [3.63, 3.8) is 0 Å². The summed E-state index contributed by atoms with van der Waals surface area (Å²) in [6.45, 7) is 8.98. The second kappa shape index (κ2) is 15.7. The van der Waals surface area contributed by atoms with Crippen molar-refractivity contribution < 1.29 is 14.3 Å². The van der Waals surface area contributed by atoms with Crippen molar-refractivity contribution in [2.24, 2.45) is 4.99 Å². The Kier molecular flexibility index (Phi) is 14.6. The van der Waals surface area contributed by atoms with Gasteiger partial charge in [-0.05, 0) is 39.3 Å². The largest absolute Gasteiger partial charge is 0.444 e. The highest BCUT2D eigenvalue weighted by Crippen LogP contribution is 2.07. The summed E-state index contributed by atoms with van der Waals surface area (Å²) in [5, 5.41) is 12.1. The van der Waals surface area contributed by atoms with Crippen LogP contribution < -0.4 is 21.3 Å². The number of nitrogens with one attached hydrogen (secondary N) is 4. The molecule has 9 nitrogen and oxygen atoms in total. The fourth-order valence-electron chi connectivity index (χ4n) is 2.54. The van der Waals surface area contributed by atoms with Gasteiger partial charge in [0.1, 0.15) is 5.60 Å². The summed E-state index contributed by atoms with van der Waals surface area (Å²) < 4.78 is 5.29. The normalized spacial score (nSPS) is 12.2. The van der Waals surface area contributed by atoms with Crippen molar-refractivity contribution >= 4 is 41.9 Å². The Morgan fingerprint density at radius 1 is 1.19 bits per heavy atom. The van der Waals surface area contributed by atoms with Gasteiger partial charge in [-0.15, -0.1) is 24.0 Å². The van der Waals surface area contributed by atoms with Gasteiger partial charge in [0.05, 0.1) is 5.56 Å². The Hall–Kier alpha value is -2.11. The summed E-state index contributed by atoms with van der Waals surface area (Å²) in [6.07, 6.45) is 5.67. The minimum absolute atomic E-state index is 0. The van der Waals surface area contributed by atoms with Gasteiger partial charge in [0, 0.05) is 45.1 Å². The van der Waals surface area contributed by atoms with Crippen molar-refractivity contribution in [2.45, 2.75) is 58.6 Å². The summed E-state index contributed by atoms with van der Waals surface area (Å²) in [7, 11) is 1.68. The number of guanidine groups is 1. The molecule has 2 amide bonds. The first-order valence-corrected chi connectivity index (χ1v) is 10.4. The molecule has 10 heteroatoms. The molecule has 1 rings (SSSR count). The van der Waals surface area contributed by atoms with Crippen LogP contribution in [0.2, 0.25) is 0 Å². The van der Waals surface area contributed by atoms with Gasteiger partial charge < -0.3 is 26.0 Å². The SMILES string of the molecule is CCCCC(CNC(=O)OC(C)(C)C)NC(=NC)NCCNC(=O)c1cccnc1.I. The molecule has 0 aliphatic carbocycles. The third kappa shape index (κ3) is 13.7. The number of carbonyl (C=O) groups excluding carboxylic acids is 2. The molecule has 1 atom stereocenters. The molecule has 176 valence electrons. The van der Waals surface area contributed by atoms with E-state index >= 15 is 0 Å². The van der Waals surface area contributed by atoms with Crippen LogP contribution in [0.25, 0.3) is 0 Å². The number of alkyl carbamates (subject to hydrolysis) is 1. The zero-order valence-electron chi connectivity index (χ0n) is 19.2. The molecule has 0 aromatic carbocycles. The number of unbranched alkanes of at least 4 members (excludes halogenated alkanes) is 1. The lowest BCUT2D eigenvalue weighted by Gasteiger charge is -2.24. The van der Waals surface area contributed by atoms with E-state index in [9.17, 15) is 9.59 Å². The van der Waals surface area contributed by atoms with Crippen LogP contribution in [-0.4, -0.2) is 61.3 Å². The van der Waals surface area contributed by atoms with E-state index in [2.05, 4.69) is 38.2 Å². The number of rotatable bonds is 10. The van der Waals surface area contributed by atoms with E-state index in [4.69, 9.17) is 4.74 Å². The second-order valence-electron chi connectivity index (χ2n) is 7.86. The highest BCUT2D eigenvalue weighted by molar-refractivity contribution is 14.0. The Bertz CT molecular complexity index is 679. The summed E-state index contributed by atoms with van der Waals surface area (Å²) in [6, 6.07) is 3.45. The fourth-order valence-corrected chi connectivity index (χ4v) is 2.54. The Balaban J connectivity index is 0.00000900. The maximum Gasteiger partial charge on any atom is 0.407 e. The van der Waals surface area contributed by atoms with Crippen LogP contribution in [0.15, 0.2) is 29.5 Å². The minimum atomic E-state index is -0.533. The molecule has 0 aliphatic heterocycles. The molecule has 0 saturated heterocycles. The highest BCUT2D eigenvalue weighted by atomic mass is 127. The number of aliphatic imine (C=N–C) groups is 1. The molecule has 1 aromatic rings. The lowest BCUT2D eigenvalue weighted by atomic mass is 10.1. The maximum absolute atomic E-state index is 12.0. The average molecular weight is 548 g/mol. The van der Waals surface area contributed by atoms with Gasteiger partial charge in [-0.2, -0.15) is 0 Å². The zero-order valence-corrected chi connectivity index (χ0v) is 21.5. The predicted molar refractivity (Wildman–Crippen MR) is 134 cm³/mol. The molecule has 1 aromatic heterocycles. The molecule has 0 bridgehead atoms. The van der Waals surface area contributed by atoms with Crippen molar-refractivity contribution in [3.8, 4) is 0 Å². The van der Waals surface area contributed by atoms with E-state index in [1.165, 1.54) is 6.20 Å². The van der Waals surface area contributed by atoms with Crippen molar-refractivity contribution in [1.82, 2.24) is 26.3 Å². The fraction of sp³-hybridized carbons (Fsp3) is 0.619. The lowest BCUT2D eigenvalue weighted by molar-refractivity contribution is 0.0522. The molecule has 1 heterocycles. The summed E-state index contributed by atoms with van der Waals surface area (Å²) in [4.78, 5) is 32.1. The van der Waals surface area contributed by atoms with Crippen LogP contribution >= 0.6 is 24.0 Å². The van der Waals surface area contributed by atoms with Crippen molar-refractivity contribution in [2.75, 3.05) is 26.7 Å². The summed E-state index contributed by atoms with van der Waals surface area (Å²) in [5.74, 6) is 0.438. The first kappa shape index (κ1) is 28.9. The first-order chi connectivity index (χ1) is 14.2. The Labute approximate surface area is 202 Å². The van der Waals surface area contributed by atoms with Crippen LogP contribution in [0.1, 0.15) is 57.3 Å². The number of ether oxygens (including phenoxy) is 1. The van der Waals surface area contributed by atoms with E-state index in [1.807, 2.05) is 20.8 Å². The number of halogens is 1. The van der Waals surface area contributed by atoms with Crippen LogP contribution in [-0.2, 0) is 4.74 Å².